The van der Waals surface area contributed by atoms with Crippen LogP contribution in [0.5, 0.6) is 11.5 Å². The van der Waals surface area contributed by atoms with Gasteiger partial charge in [-0.1, -0.05) is 13.8 Å². The van der Waals surface area contributed by atoms with Crippen molar-refractivity contribution in [2.45, 2.75) is 13.8 Å². The zero-order chi connectivity index (χ0) is 13.5. The van der Waals surface area contributed by atoms with Crippen LogP contribution in [0.2, 0.25) is 0 Å². The quantitative estimate of drug-likeness (QED) is 0.803. The van der Waals surface area contributed by atoms with E-state index in [0.29, 0.717) is 35.5 Å². The topological polar surface area (TPSA) is 42.2 Å². The second kappa shape index (κ2) is 7.17. The third-order valence-electron chi connectivity index (χ3n) is 2.92. The number of ether oxygens (including phenoxy) is 2. The molecule has 0 saturated carbocycles. The van der Waals surface area contributed by atoms with Crippen LogP contribution in [0.15, 0.2) is 18.2 Å². The zero-order valence-electron chi connectivity index (χ0n) is 11.0. The van der Waals surface area contributed by atoms with Crippen LogP contribution in [0.4, 0.5) is 0 Å². The van der Waals surface area contributed by atoms with Crippen molar-refractivity contribution in [1.29, 1.82) is 5.26 Å². The van der Waals surface area contributed by atoms with Crippen LogP contribution in [0.3, 0.4) is 0 Å². The molecule has 0 fully saturated rings. The molecule has 0 amide bonds. The number of thiol groups is 1. The summed E-state index contributed by atoms with van der Waals surface area (Å²) in [6.45, 7) is 4.91. The SMILES string of the molecule is COc1cc(C#N)ccc1OCC(CS)C(C)C. The fourth-order valence-electron chi connectivity index (χ4n) is 1.51. The second-order valence-corrected chi connectivity index (χ2v) is 4.84. The molecule has 0 N–H and O–H groups in total. The van der Waals surface area contributed by atoms with E-state index < -0.39 is 0 Å². The van der Waals surface area contributed by atoms with Crippen LogP contribution in [0.1, 0.15) is 19.4 Å². The lowest BCUT2D eigenvalue weighted by Crippen LogP contribution is -2.19. The fraction of sp³-hybridized carbons (Fsp3) is 0.500. The highest BCUT2D eigenvalue weighted by Gasteiger charge is 2.14. The van der Waals surface area contributed by atoms with Gasteiger partial charge in [-0.3, -0.25) is 0 Å². The summed E-state index contributed by atoms with van der Waals surface area (Å²) in [5, 5.41) is 8.82. The molecule has 1 unspecified atom stereocenters. The molecule has 1 aromatic carbocycles. The molecule has 18 heavy (non-hydrogen) atoms. The standard InChI is InChI=1S/C14H19NO2S/c1-10(2)12(9-18)8-17-13-5-4-11(7-15)6-14(13)16-3/h4-6,10,12,18H,8-9H2,1-3H3. The van der Waals surface area contributed by atoms with Gasteiger partial charge >= 0.3 is 0 Å². The summed E-state index contributed by atoms with van der Waals surface area (Å²) in [5.74, 6) is 2.97. The molecule has 0 aliphatic carbocycles. The number of hydrogen-bond acceptors (Lipinski definition) is 4. The van der Waals surface area contributed by atoms with Gasteiger partial charge in [0.2, 0.25) is 0 Å². The predicted octanol–water partition coefficient (Wildman–Crippen LogP) is 3.15. The number of hydrogen-bond donors (Lipinski definition) is 1. The van der Waals surface area contributed by atoms with Crippen LogP contribution in [0, 0.1) is 23.2 Å². The van der Waals surface area contributed by atoms with Crippen LogP contribution in [-0.4, -0.2) is 19.5 Å². The highest BCUT2D eigenvalue weighted by molar-refractivity contribution is 7.80. The molecule has 0 saturated heterocycles. The van der Waals surface area contributed by atoms with Gasteiger partial charge in [0.25, 0.3) is 0 Å². The van der Waals surface area contributed by atoms with E-state index in [1.54, 1.807) is 25.3 Å². The molecule has 3 nitrogen and oxygen atoms in total. The number of nitriles is 1. The summed E-state index contributed by atoms with van der Waals surface area (Å²) < 4.78 is 11.0. The van der Waals surface area contributed by atoms with Crippen molar-refractivity contribution < 1.29 is 9.47 Å². The van der Waals surface area contributed by atoms with E-state index in [2.05, 4.69) is 32.5 Å². The molecule has 1 aromatic rings. The van der Waals surface area contributed by atoms with Gasteiger partial charge in [0.05, 0.1) is 25.3 Å². The minimum atomic E-state index is 0.397. The van der Waals surface area contributed by atoms with Gasteiger partial charge in [-0.2, -0.15) is 17.9 Å². The van der Waals surface area contributed by atoms with Crippen molar-refractivity contribution in [2.24, 2.45) is 11.8 Å². The van der Waals surface area contributed by atoms with Gasteiger partial charge < -0.3 is 9.47 Å². The molecule has 4 heteroatoms. The lowest BCUT2D eigenvalue weighted by atomic mass is 9.99. The zero-order valence-corrected chi connectivity index (χ0v) is 11.9. The van der Waals surface area contributed by atoms with Crippen molar-refractivity contribution in [1.82, 2.24) is 0 Å². The first kappa shape index (κ1) is 14.7. The van der Waals surface area contributed by atoms with E-state index in [-0.39, 0.29) is 0 Å². The minimum Gasteiger partial charge on any atom is -0.493 e. The molecular formula is C14H19NO2S. The van der Waals surface area contributed by atoms with Gasteiger partial charge in [0.15, 0.2) is 11.5 Å². The monoisotopic (exact) mass is 265 g/mol. The van der Waals surface area contributed by atoms with E-state index >= 15 is 0 Å². The Morgan fingerprint density at radius 3 is 2.56 bits per heavy atom. The number of rotatable bonds is 6. The maximum Gasteiger partial charge on any atom is 0.162 e. The Morgan fingerprint density at radius 1 is 1.33 bits per heavy atom. The van der Waals surface area contributed by atoms with E-state index in [1.165, 1.54) is 0 Å². The molecule has 1 atom stereocenters. The largest absolute Gasteiger partial charge is 0.493 e. The first-order valence-corrected chi connectivity index (χ1v) is 6.57. The first-order chi connectivity index (χ1) is 8.62. The number of methoxy groups -OCH3 is 1. The van der Waals surface area contributed by atoms with Gasteiger partial charge in [-0.05, 0) is 23.8 Å². The van der Waals surface area contributed by atoms with E-state index in [0.717, 1.165) is 5.75 Å². The van der Waals surface area contributed by atoms with Crippen molar-refractivity contribution in [3.63, 3.8) is 0 Å². The van der Waals surface area contributed by atoms with Crippen LogP contribution >= 0.6 is 12.6 Å². The maximum absolute atomic E-state index is 8.82. The first-order valence-electron chi connectivity index (χ1n) is 5.94. The van der Waals surface area contributed by atoms with Crippen molar-refractivity contribution >= 4 is 12.6 Å². The molecule has 0 spiro atoms. The number of benzene rings is 1. The minimum absolute atomic E-state index is 0.397. The predicted molar refractivity (Wildman–Crippen MR) is 75.4 cm³/mol. The normalized spacial score (nSPS) is 12.0. The molecule has 0 aliphatic rings. The maximum atomic E-state index is 8.82. The Labute approximate surface area is 114 Å². The molecule has 0 heterocycles. The summed E-state index contributed by atoms with van der Waals surface area (Å²) >= 11 is 4.33. The lowest BCUT2D eigenvalue weighted by Gasteiger charge is -2.20. The summed E-state index contributed by atoms with van der Waals surface area (Å²) in [6.07, 6.45) is 0. The summed E-state index contributed by atoms with van der Waals surface area (Å²) in [4.78, 5) is 0. The molecule has 0 radical (unpaired) electrons. The van der Waals surface area contributed by atoms with Crippen LogP contribution in [-0.2, 0) is 0 Å². The highest BCUT2D eigenvalue weighted by atomic mass is 32.1. The average molecular weight is 265 g/mol. The number of nitrogens with zero attached hydrogens (tertiary/aromatic N) is 1. The van der Waals surface area contributed by atoms with Crippen LogP contribution < -0.4 is 9.47 Å². The third-order valence-corrected chi connectivity index (χ3v) is 3.39. The Kier molecular flexibility index (Phi) is 5.87. The van der Waals surface area contributed by atoms with Gasteiger partial charge in [0.1, 0.15) is 0 Å². The van der Waals surface area contributed by atoms with Crippen LogP contribution in [0.25, 0.3) is 0 Å². The van der Waals surface area contributed by atoms with E-state index in [1.807, 2.05) is 0 Å². The molecule has 98 valence electrons. The second-order valence-electron chi connectivity index (χ2n) is 4.48. The van der Waals surface area contributed by atoms with Gasteiger partial charge in [-0.25, -0.2) is 0 Å². The molecule has 0 aromatic heterocycles. The average Bonchev–Trinajstić information content (AvgIpc) is 2.39. The highest BCUT2D eigenvalue weighted by Crippen LogP contribution is 2.28. The Bertz CT molecular complexity index is 426. The Morgan fingerprint density at radius 2 is 2.06 bits per heavy atom. The molecular weight excluding hydrogens is 246 g/mol. The molecule has 0 bridgehead atoms. The van der Waals surface area contributed by atoms with Gasteiger partial charge in [-0.15, -0.1) is 0 Å². The van der Waals surface area contributed by atoms with Gasteiger partial charge in [0, 0.05) is 12.0 Å². The summed E-state index contributed by atoms with van der Waals surface area (Å²) in [6, 6.07) is 7.25. The van der Waals surface area contributed by atoms with E-state index in [4.69, 9.17) is 14.7 Å². The Hall–Kier alpha value is -1.34. The van der Waals surface area contributed by atoms with Crippen molar-refractivity contribution in [2.75, 3.05) is 19.5 Å². The van der Waals surface area contributed by atoms with Crippen molar-refractivity contribution in [3.05, 3.63) is 23.8 Å². The smallest absolute Gasteiger partial charge is 0.162 e. The van der Waals surface area contributed by atoms with E-state index in [9.17, 15) is 0 Å². The lowest BCUT2D eigenvalue weighted by molar-refractivity contribution is 0.218. The third kappa shape index (κ3) is 3.85. The molecule has 1 rings (SSSR count). The fourth-order valence-corrected chi connectivity index (χ4v) is 2.04. The summed E-state index contributed by atoms with van der Waals surface area (Å²) in [5.41, 5.74) is 0.564. The molecule has 0 aliphatic heterocycles. The summed E-state index contributed by atoms with van der Waals surface area (Å²) in [7, 11) is 1.57. The Balaban J connectivity index is 2.76. The van der Waals surface area contributed by atoms with Crippen molar-refractivity contribution in [3.8, 4) is 17.6 Å².